The van der Waals surface area contributed by atoms with Gasteiger partial charge in [-0.2, -0.15) is 0 Å². The Kier molecular flexibility index (Phi) is 3.75. The Morgan fingerprint density at radius 2 is 2.25 bits per heavy atom. The van der Waals surface area contributed by atoms with Crippen LogP contribution >= 0.6 is 27.3 Å². The Morgan fingerprint density at radius 1 is 1.58 bits per heavy atom. The van der Waals surface area contributed by atoms with Gasteiger partial charge in [0, 0.05) is 14.2 Å². The fourth-order valence-electron chi connectivity index (χ4n) is 1.09. The van der Waals surface area contributed by atoms with Gasteiger partial charge in [0.2, 0.25) is 0 Å². The first kappa shape index (κ1) is 10.2. The average molecular weight is 248 g/mol. The van der Waals surface area contributed by atoms with Crippen LogP contribution in [-0.2, 0) is 6.42 Å². The zero-order valence-corrected chi connectivity index (χ0v) is 9.83. The molecule has 0 aliphatic heterocycles. The van der Waals surface area contributed by atoms with E-state index in [0.29, 0.717) is 5.92 Å². The van der Waals surface area contributed by atoms with Crippen molar-refractivity contribution in [3.05, 3.63) is 20.3 Å². The normalized spacial score (nSPS) is 11.1. The standard InChI is InChI=1S/C9H14BrNS/c1-6(2)9-8(10)5-7(12-9)3-4-11/h5-6H,3-4,11H2,1-2H3. The summed E-state index contributed by atoms with van der Waals surface area (Å²) in [5, 5.41) is 0. The molecule has 0 spiro atoms. The lowest BCUT2D eigenvalue weighted by Gasteiger charge is -1.99. The van der Waals surface area contributed by atoms with Gasteiger partial charge in [-0.1, -0.05) is 13.8 Å². The van der Waals surface area contributed by atoms with Crippen LogP contribution in [0.5, 0.6) is 0 Å². The summed E-state index contributed by atoms with van der Waals surface area (Å²) in [6.45, 7) is 5.16. The molecule has 1 aromatic rings. The number of hydrogen-bond donors (Lipinski definition) is 1. The summed E-state index contributed by atoms with van der Waals surface area (Å²) in [4.78, 5) is 2.81. The van der Waals surface area contributed by atoms with Gasteiger partial charge in [0.15, 0.2) is 0 Å². The molecule has 3 heteroatoms. The smallest absolute Gasteiger partial charge is 0.0319 e. The van der Waals surface area contributed by atoms with E-state index < -0.39 is 0 Å². The van der Waals surface area contributed by atoms with E-state index in [2.05, 4.69) is 35.8 Å². The molecule has 0 amide bonds. The van der Waals surface area contributed by atoms with Crippen molar-refractivity contribution in [1.82, 2.24) is 0 Å². The fourth-order valence-corrected chi connectivity index (χ4v) is 3.29. The van der Waals surface area contributed by atoms with Gasteiger partial charge in [0.1, 0.15) is 0 Å². The van der Waals surface area contributed by atoms with Gasteiger partial charge < -0.3 is 5.73 Å². The highest BCUT2D eigenvalue weighted by Gasteiger charge is 2.09. The van der Waals surface area contributed by atoms with Gasteiger partial charge >= 0.3 is 0 Å². The molecule has 0 bridgehead atoms. The minimum Gasteiger partial charge on any atom is -0.330 e. The van der Waals surface area contributed by atoms with Crippen LogP contribution in [0.3, 0.4) is 0 Å². The molecule has 1 rings (SSSR count). The van der Waals surface area contributed by atoms with Crippen molar-refractivity contribution in [2.24, 2.45) is 5.73 Å². The quantitative estimate of drug-likeness (QED) is 0.873. The second kappa shape index (κ2) is 4.40. The molecule has 0 aromatic carbocycles. The zero-order valence-electron chi connectivity index (χ0n) is 7.43. The Balaban J connectivity index is 2.85. The molecule has 1 aromatic heterocycles. The number of thiophene rings is 1. The molecule has 0 saturated carbocycles. The second-order valence-electron chi connectivity index (χ2n) is 3.12. The van der Waals surface area contributed by atoms with E-state index in [4.69, 9.17) is 5.73 Å². The van der Waals surface area contributed by atoms with Crippen LogP contribution in [0.2, 0.25) is 0 Å². The van der Waals surface area contributed by atoms with Crippen LogP contribution < -0.4 is 5.73 Å². The molecule has 1 heterocycles. The third-order valence-electron chi connectivity index (χ3n) is 1.68. The predicted molar refractivity (Wildman–Crippen MR) is 58.9 cm³/mol. The highest BCUT2D eigenvalue weighted by Crippen LogP contribution is 2.33. The highest BCUT2D eigenvalue weighted by molar-refractivity contribution is 9.10. The molecule has 0 radical (unpaired) electrons. The van der Waals surface area contributed by atoms with Crippen LogP contribution in [0.25, 0.3) is 0 Å². The molecular formula is C9H14BrNS. The number of nitrogens with two attached hydrogens (primary N) is 1. The summed E-state index contributed by atoms with van der Waals surface area (Å²) in [6, 6.07) is 2.19. The Morgan fingerprint density at radius 3 is 2.67 bits per heavy atom. The van der Waals surface area contributed by atoms with Crippen LogP contribution in [0.4, 0.5) is 0 Å². The molecule has 1 nitrogen and oxygen atoms in total. The van der Waals surface area contributed by atoms with Gasteiger partial charge in [0.25, 0.3) is 0 Å². The molecule has 2 N–H and O–H groups in total. The number of halogens is 1. The average Bonchev–Trinajstić information content (AvgIpc) is 2.32. The van der Waals surface area contributed by atoms with Crippen molar-refractivity contribution >= 4 is 27.3 Å². The Hall–Kier alpha value is 0.140. The number of rotatable bonds is 3. The first-order chi connectivity index (χ1) is 5.65. The molecule has 68 valence electrons. The molecule has 0 aliphatic rings. The van der Waals surface area contributed by atoms with Gasteiger partial charge in [0.05, 0.1) is 0 Å². The lowest BCUT2D eigenvalue weighted by molar-refractivity contribution is 0.885. The molecule has 0 fully saturated rings. The maximum Gasteiger partial charge on any atom is 0.0319 e. The SMILES string of the molecule is CC(C)c1sc(CCN)cc1Br. The van der Waals surface area contributed by atoms with E-state index in [-0.39, 0.29) is 0 Å². The summed E-state index contributed by atoms with van der Waals surface area (Å²) in [5.41, 5.74) is 5.49. The Bertz CT molecular complexity index is 255. The fraction of sp³-hybridized carbons (Fsp3) is 0.556. The molecule has 0 aliphatic carbocycles. The minimum absolute atomic E-state index is 0.607. The molecular weight excluding hydrogens is 234 g/mol. The van der Waals surface area contributed by atoms with E-state index >= 15 is 0 Å². The van der Waals surface area contributed by atoms with Crippen molar-refractivity contribution in [1.29, 1.82) is 0 Å². The number of hydrogen-bond acceptors (Lipinski definition) is 2. The van der Waals surface area contributed by atoms with Crippen molar-refractivity contribution in [2.45, 2.75) is 26.2 Å². The van der Waals surface area contributed by atoms with Crippen molar-refractivity contribution in [2.75, 3.05) is 6.54 Å². The summed E-state index contributed by atoms with van der Waals surface area (Å²) in [6.07, 6.45) is 0.996. The van der Waals surface area contributed by atoms with Crippen LogP contribution in [0.15, 0.2) is 10.5 Å². The molecule has 0 atom stereocenters. The van der Waals surface area contributed by atoms with Crippen LogP contribution in [0.1, 0.15) is 29.5 Å². The lowest BCUT2D eigenvalue weighted by Crippen LogP contribution is -2.00. The maximum atomic E-state index is 5.49. The van der Waals surface area contributed by atoms with E-state index in [1.54, 1.807) is 0 Å². The third kappa shape index (κ3) is 2.31. The van der Waals surface area contributed by atoms with Gasteiger partial charge in [-0.05, 0) is 40.9 Å². The Labute approximate surface area is 86.1 Å². The van der Waals surface area contributed by atoms with Crippen LogP contribution in [0, 0.1) is 0 Å². The largest absolute Gasteiger partial charge is 0.330 e. The van der Waals surface area contributed by atoms with Gasteiger partial charge in [-0.15, -0.1) is 11.3 Å². The predicted octanol–water partition coefficient (Wildman–Crippen LogP) is 3.14. The van der Waals surface area contributed by atoms with Crippen LogP contribution in [-0.4, -0.2) is 6.54 Å². The topological polar surface area (TPSA) is 26.0 Å². The minimum atomic E-state index is 0.607. The van der Waals surface area contributed by atoms with Crippen molar-refractivity contribution in [3.8, 4) is 0 Å². The van der Waals surface area contributed by atoms with E-state index in [9.17, 15) is 0 Å². The molecule has 0 saturated heterocycles. The van der Waals surface area contributed by atoms with E-state index in [1.165, 1.54) is 14.2 Å². The van der Waals surface area contributed by atoms with Gasteiger partial charge in [-0.25, -0.2) is 0 Å². The first-order valence-electron chi connectivity index (χ1n) is 4.13. The first-order valence-corrected chi connectivity index (χ1v) is 5.74. The lowest BCUT2D eigenvalue weighted by atomic mass is 10.2. The highest BCUT2D eigenvalue weighted by atomic mass is 79.9. The van der Waals surface area contributed by atoms with E-state index in [1.807, 2.05) is 11.3 Å². The third-order valence-corrected chi connectivity index (χ3v) is 4.09. The monoisotopic (exact) mass is 247 g/mol. The maximum absolute atomic E-state index is 5.49. The molecule has 0 unspecified atom stereocenters. The van der Waals surface area contributed by atoms with Crippen molar-refractivity contribution in [3.63, 3.8) is 0 Å². The molecule has 12 heavy (non-hydrogen) atoms. The zero-order chi connectivity index (χ0) is 9.14. The van der Waals surface area contributed by atoms with Crippen molar-refractivity contribution < 1.29 is 0 Å². The summed E-state index contributed by atoms with van der Waals surface area (Å²) in [5.74, 6) is 0.607. The summed E-state index contributed by atoms with van der Waals surface area (Å²) < 4.78 is 1.24. The summed E-state index contributed by atoms with van der Waals surface area (Å²) in [7, 11) is 0. The summed E-state index contributed by atoms with van der Waals surface area (Å²) >= 11 is 5.42. The second-order valence-corrected chi connectivity index (χ2v) is 5.14. The van der Waals surface area contributed by atoms with Gasteiger partial charge in [-0.3, -0.25) is 0 Å². The van der Waals surface area contributed by atoms with E-state index in [0.717, 1.165) is 13.0 Å².